The lowest BCUT2D eigenvalue weighted by Crippen LogP contribution is -1.94. The summed E-state index contributed by atoms with van der Waals surface area (Å²) in [6.07, 6.45) is 1.70. The highest BCUT2D eigenvalue weighted by molar-refractivity contribution is 9.10. The molecule has 0 bridgehead atoms. The molecular weight excluding hydrogens is 402 g/mol. The zero-order valence-electron chi connectivity index (χ0n) is 13.7. The lowest BCUT2D eigenvalue weighted by Gasteiger charge is -2.04. The molecule has 0 saturated heterocycles. The average Bonchev–Trinajstić information content (AvgIpc) is 3.11. The molecule has 25 heavy (non-hydrogen) atoms. The third kappa shape index (κ3) is 4.37. The Labute approximate surface area is 158 Å². The molecule has 7 heteroatoms. The van der Waals surface area contributed by atoms with E-state index in [1.165, 1.54) is 11.3 Å². The molecule has 0 amide bonds. The number of halogens is 1. The Morgan fingerprint density at radius 3 is 2.84 bits per heavy atom. The molecule has 0 spiro atoms. The third-order valence-electron chi connectivity index (χ3n) is 3.43. The maximum atomic E-state index is 5.32. The molecule has 0 radical (unpaired) electrons. The van der Waals surface area contributed by atoms with Gasteiger partial charge in [0.15, 0.2) is 0 Å². The minimum atomic E-state index is 0.711. The molecule has 1 N–H and O–H groups in total. The largest absolute Gasteiger partial charge is 0.497 e. The summed E-state index contributed by atoms with van der Waals surface area (Å²) in [6.45, 7) is 0. The van der Waals surface area contributed by atoms with Crippen LogP contribution in [0.4, 0.5) is 5.13 Å². The van der Waals surface area contributed by atoms with Crippen molar-refractivity contribution in [3.05, 3.63) is 57.9 Å². The summed E-state index contributed by atoms with van der Waals surface area (Å²) in [5.74, 6) is 1.56. The van der Waals surface area contributed by atoms with E-state index in [4.69, 9.17) is 9.47 Å². The Balaban J connectivity index is 1.72. The monoisotopic (exact) mass is 417 g/mol. The fraction of sp³-hybridized carbons (Fsp3) is 0.111. The Kier molecular flexibility index (Phi) is 5.67. The van der Waals surface area contributed by atoms with E-state index in [2.05, 4.69) is 31.4 Å². The number of hydrazone groups is 1. The SMILES string of the molecule is COc1cccc(-c2csc(N/N=C\c3cc(Br)ccc3OC)n2)c1. The van der Waals surface area contributed by atoms with Crippen LogP contribution < -0.4 is 14.9 Å². The second kappa shape index (κ2) is 8.13. The first kappa shape index (κ1) is 17.4. The van der Waals surface area contributed by atoms with Crippen molar-refractivity contribution in [2.24, 2.45) is 5.10 Å². The van der Waals surface area contributed by atoms with Gasteiger partial charge in [-0.3, -0.25) is 5.43 Å². The van der Waals surface area contributed by atoms with Crippen molar-refractivity contribution in [1.82, 2.24) is 4.98 Å². The van der Waals surface area contributed by atoms with Crippen LogP contribution in [0.2, 0.25) is 0 Å². The van der Waals surface area contributed by atoms with E-state index in [1.807, 2.05) is 47.8 Å². The Hall–Kier alpha value is -2.38. The predicted molar refractivity (Wildman–Crippen MR) is 106 cm³/mol. The maximum absolute atomic E-state index is 5.32. The Bertz CT molecular complexity index is 896. The Morgan fingerprint density at radius 2 is 2.04 bits per heavy atom. The summed E-state index contributed by atoms with van der Waals surface area (Å²) in [7, 11) is 3.29. The van der Waals surface area contributed by atoms with Gasteiger partial charge in [-0.2, -0.15) is 5.10 Å². The first-order valence-corrected chi connectivity index (χ1v) is 9.09. The highest BCUT2D eigenvalue weighted by Gasteiger charge is 2.05. The lowest BCUT2D eigenvalue weighted by molar-refractivity contribution is 0.414. The van der Waals surface area contributed by atoms with Crippen molar-refractivity contribution >= 4 is 38.6 Å². The smallest absolute Gasteiger partial charge is 0.203 e. The van der Waals surface area contributed by atoms with Gasteiger partial charge in [0.25, 0.3) is 0 Å². The molecule has 3 aromatic rings. The zero-order chi connectivity index (χ0) is 17.6. The zero-order valence-corrected chi connectivity index (χ0v) is 16.1. The molecule has 1 heterocycles. The average molecular weight is 418 g/mol. The number of thiazole rings is 1. The number of nitrogens with one attached hydrogen (secondary N) is 1. The van der Waals surface area contributed by atoms with Gasteiger partial charge >= 0.3 is 0 Å². The van der Waals surface area contributed by atoms with Gasteiger partial charge in [0.2, 0.25) is 5.13 Å². The molecule has 2 aromatic carbocycles. The summed E-state index contributed by atoms with van der Waals surface area (Å²) >= 11 is 4.93. The first-order chi connectivity index (χ1) is 12.2. The van der Waals surface area contributed by atoms with Crippen LogP contribution in [0.3, 0.4) is 0 Å². The summed E-state index contributed by atoms with van der Waals surface area (Å²) < 4.78 is 11.5. The van der Waals surface area contributed by atoms with Crippen LogP contribution in [-0.4, -0.2) is 25.4 Å². The van der Waals surface area contributed by atoms with Crippen LogP contribution in [0, 0.1) is 0 Å². The number of methoxy groups -OCH3 is 2. The van der Waals surface area contributed by atoms with Crippen LogP contribution in [0.5, 0.6) is 11.5 Å². The number of rotatable bonds is 6. The number of aromatic nitrogens is 1. The van der Waals surface area contributed by atoms with E-state index in [-0.39, 0.29) is 0 Å². The Morgan fingerprint density at radius 1 is 1.16 bits per heavy atom. The van der Waals surface area contributed by atoms with Crippen LogP contribution in [-0.2, 0) is 0 Å². The van der Waals surface area contributed by atoms with Gasteiger partial charge in [-0.25, -0.2) is 4.98 Å². The van der Waals surface area contributed by atoms with Crippen molar-refractivity contribution in [3.63, 3.8) is 0 Å². The van der Waals surface area contributed by atoms with E-state index in [1.54, 1.807) is 20.4 Å². The third-order valence-corrected chi connectivity index (χ3v) is 4.67. The first-order valence-electron chi connectivity index (χ1n) is 7.42. The second-order valence-electron chi connectivity index (χ2n) is 5.03. The minimum absolute atomic E-state index is 0.711. The van der Waals surface area contributed by atoms with Gasteiger partial charge < -0.3 is 9.47 Å². The predicted octanol–water partition coefficient (Wildman–Crippen LogP) is 5.04. The fourth-order valence-corrected chi connectivity index (χ4v) is 3.25. The number of hydrogen-bond acceptors (Lipinski definition) is 6. The van der Waals surface area contributed by atoms with Gasteiger partial charge in [0.1, 0.15) is 11.5 Å². The van der Waals surface area contributed by atoms with Crippen molar-refractivity contribution in [3.8, 4) is 22.8 Å². The molecule has 5 nitrogen and oxygen atoms in total. The summed E-state index contributed by atoms with van der Waals surface area (Å²) in [6, 6.07) is 13.5. The number of nitrogens with zero attached hydrogens (tertiary/aromatic N) is 2. The molecule has 0 fully saturated rings. The van der Waals surface area contributed by atoms with E-state index in [0.717, 1.165) is 32.8 Å². The van der Waals surface area contributed by atoms with E-state index < -0.39 is 0 Å². The molecule has 128 valence electrons. The van der Waals surface area contributed by atoms with Gasteiger partial charge in [0, 0.05) is 21.0 Å². The molecule has 1 aromatic heterocycles. The molecule has 0 aliphatic heterocycles. The number of anilines is 1. The van der Waals surface area contributed by atoms with Crippen molar-refractivity contribution in [2.45, 2.75) is 0 Å². The quantitative estimate of drug-likeness (QED) is 0.450. The van der Waals surface area contributed by atoms with E-state index >= 15 is 0 Å². The summed E-state index contributed by atoms with van der Waals surface area (Å²) in [5, 5.41) is 6.94. The number of hydrogen-bond donors (Lipinski definition) is 1. The van der Waals surface area contributed by atoms with Gasteiger partial charge in [-0.15, -0.1) is 11.3 Å². The molecular formula is C18H16BrN3O2S. The lowest BCUT2D eigenvalue weighted by atomic mass is 10.2. The second-order valence-corrected chi connectivity index (χ2v) is 6.80. The molecule has 0 saturated carbocycles. The van der Waals surface area contributed by atoms with Crippen LogP contribution in [0.1, 0.15) is 5.56 Å². The molecule has 3 rings (SSSR count). The van der Waals surface area contributed by atoms with Crippen LogP contribution >= 0.6 is 27.3 Å². The highest BCUT2D eigenvalue weighted by atomic mass is 79.9. The maximum Gasteiger partial charge on any atom is 0.203 e. The summed E-state index contributed by atoms with van der Waals surface area (Å²) in [5.41, 5.74) is 5.70. The van der Waals surface area contributed by atoms with Crippen LogP contribution in [0.25, 0.3) is 11.3 Å². The fourth-order valence-electron chi connectivity index (χ4n) is 2.20. The molecule has 0 aliphatic carbocycles. The van der Waals surface area contributed by atoms with Gasteiger partial charge in [0.05, 0.1) is 26.1 Å². The highest BCUT2D eigenvalue weighted by Crippen LogP contribution is 2.27. The molecule has 0 aliphatic rings. The normalized spacial score (nSPS) is 10.8. The molecule has 0 atom stereocenters. The van der Waals surface area contributed by atoms with Crippen molar-refractivity contribution < 1.29 is 9.47 Å². The van der Waals surface area contributed by atoms with E-state index in [0.29, 0.717) is 5.13 Å². The standard InChI is InChI=1S/C18H16BrN3O2S/c1-23-15-5-3-4-12(9-15)16-11-25-18(21-16)22-20-10-13-8-14(19)6-7-17(13)24-2/h3-11H,1-2H3,(H,21,22)/b20-10-. The topological polar surface area (TPSA) is 55.7 Å². The number of ether oxygens (including phenoxy) is 2. The van der Waals surface area contributed by atoms with Crippen LogP contribution in [0.15, 0.2) is 57.4 Å². The number of benzene rings is 2. The van der Waals surface area contributed by atoms with Gasteiger partial charge in [-0.05, 0) is 30.3 Å². The van der Waals surface area contributed by atoms with Gasteiger partial charge in [-0.1, -0.05) is 28.1 Å². The summed E-state index contributed by atoms with van der Waals surface area (Å²) in [4.78, 5) is 4.54. The van der Waals surface area contributed by atoms with Crippen molar-refractivity contribution in [2.75, 3.05) is 19.6 Å². The van der Waals surface area contributed by atoms with Crippen molar-refractivity contribution in [1.29, 1.82) is 0 Å². The van der Waals surface area contributed by atoms with E-state index in [9.17, 15) is 0 Å². The molecule has 0 unspecified atom stereocenters. The minimum Gasteiger partial charge on any atom is -0.497 e.